The highest BCUT2D eigenvalue weighted by molar-refractivity contribution is 5.94. The largest absolute Gasteiger partial charge is 0.481 e. The molecule has 0 heterocycles. The van der Waals surface area contributed by atoms with Crippen LogP contribution in [0.5, 0.6) is 11.5 Å². The van der Waals surface area contributed by atoms with E-state index in [-0.39, 0.29) is 18.9 Å². The Morgan fingerprint density at radius 2 is 1.67 bits per heavy atom. The van der Waals surface area contributed by atoms with Crippen molar-refractivity contribution in [3.63, 3.8) is 0 Å². The van der Waals surface area contributed by atoms with Crippen LogP contribution in [0.3, 0.4) is 0 Å². The second-order valence-electron chi connectivity index (χ2n) is 6.83. The Morgan fingerprint density at radius 1 is 0.933 bits per heavy atom. The summed E-state index contributed by atoms with van der Waals surface area (Å²) in [5.74, 6) is 0.0886. The van der Waals surface area contributed by atoms with Crippen molar-refractivity contribution in [1.29, 1.82) is 0 Å². The maximum absolute atomic E-state index is 12.3. The number of carboxylic acids is 1. The van der Waals surface area contributed by atoms with Crippen LogP contribution >= 0.6 is 0 Å². The van der Waals surface area contributed by atoms with Crippen molar-refractivity contribution in [1.82, 2.24) is 5.32 Å². The molecule has 0 spiro atoms. The summed E-state index contributed by atoms with van der Waals surface area (Å²) >= 11 is 0. The van der Waals surface area contributed by atoms with Crippen LogP contribution in [0.4, 0.5) is 0 Å². The summed E-state index contributed by atoms with van der Waals surface area (Å²) in [5.41, 5.74) is 8.88. The molecule has 1 amide bonds. The minimum atomic E-state index is -0.899. The Balaban J connectivity index is 1.58. The number of hydrogen-bond donors (Lipinski definition) is 3. The molecule has 0 saturated heterocycles. The number of amides is 1. The second kappa shape index (κ2) is 10.2. The molecule has 6 nitrogen and oxygen atoms in total. The number of hydrogen-bond acceptors (Lipinski definition) is 4. The molecule has 0 bridgehead atoms. The highest BCUT2D eigenvalue weighted by atomic mass is 16.5. The van der Waals surface area contributed by atoms with Gasteiger partial charge in [-0.15, -0.1) is 0 Å². The first-order chi connectivity index (χ1) is 14.5. The van der Waals surface area contributed by atoms with Gasteiger partial charge in [-0.25, -0.2) is 0 Å². The Morgan fingerprint density at radius 3 is 2.33 bits per heavy atom. The quantitative estimate of drug-likeness (QED) is 0.506. The lowest BCUT2D eigenvalue weighted by atomic mass is 10.1. The molecule has 30 heavy (non-hydrogen) atoms. The van der Waals surface area contributed by atoms with E-state index in [1.807, 2.05) is 30.3 Å². The van der Waals surface area contributed by atoms with Crippen molar-refractivity contribution in [2.75, 3.05) is 6.54 Å². The molecule has 0 aliphatic rings. The summed E-state index contributed by atoms with van der Waals surface area (Å²) in [7, 11) is 0. The van der Waals surface area contributed by atoms with Crippen LogP contribution < -0.4 is 15.8 Å². The zero-order chi connectivity index (χ0) is 21.3. The van der Waals surface area contributed by atoms with E-state index in [0.29, 0.717) is 29.2 Å². The molecule has 0 saturated carbocycles. The van der Waals surface area contributed by atoms with E-state index in [4.69, 9.17) is 15.6 Å². The minimum absolute atomic E-state index is 0.0681. The van der Waals surface area contributed by atoms with Crippen molar-refractivity contribution in [2.45, 2.75) is 19.4 Å². The summed E-state index contributed by atoms with van der Waals surface area (Å²) in [6.07, 6.45) is 0.703. The lowest BCUT2D eigenvalue weighted by Crippen LogP contribution is -2.25. The predicted molar refractivity (Wildman–Crippen MR) is 115 cm³/mol. The highest BCUT2D eigenvalue weighted by Crippen LogP contribution is 2.26. The molecule has 3 aromatic rings. The van der Waals surface area contributed by atoms with E-state index < -0.39 is 5.97 Å². The van der Waals surface area contributed by atoms with Crippen LogP contribution in [0.1, 0.15) is 27.0 Å². The first kappa shape index (κ1) is 21.1. The van der Waals surface area contributed by atoms with E-state index in [0.717, 1.165) is 12.0 Å². The number of carbonyl (C=O) groups is 2. The Labute approximate surface area is 175 Å². The summed E-state index contributed by atoms with van der Waals surface area (Å²) in [6.45, 7) is 0.786. The lowest BCUT2D eigenvalue weighted by molar-refractivity contribution is -0.136. The van der Waals surface area contributed by atoms with E-state index >= 15 is 0 Å². The molecule has 0 aliphatic carbocycles. The van der Waals surface area contributed by atoms with Gasteiger partial charge in [-0.05, 0) is 47.9 Å². The molecule has 154 valence electrons. The number of rotatable bonds is 9. The van der Waals surface area contributed by atoms with Gasteiger partial charge < -0.3 is 20.9 Å². The second-order valence-corrected chi connectivity index (χ2v) is 6.83. The first-order valence-corrected chi connectivity index (χ1v) is 9.69. The monoisotopic (exact) mass is 404 g/mol. The third-order valence-electron chi connectivity index (χ3n) is 4.59. The maximum Gasteiger partial charge on any atom is 0.307 e. The zero-order valence-corrected chi connectivity index (χ0v) is 16.5. The molecule has 0 atom stereocenters. The normalized spacial score (nSPS) is 10.4. The number of benzene rings is 3. The van der Waals surface area contributed by atoms with Crippen molar-refractivity contribution in [3.05, 3.63) is 95.1 Å². The summed E-state index contributed by atoms with van der Waals surface area (Å²) in [4.78, 5) is 23.2. The van der Waals surface area contributed by atoms with Gasteiger partial charge in [0.15, 0.2) is 0 Å². The average Bonchev–Trinajstić information content (AvgIpc) is 2.75. The third-order valence-corrected chi connectivity index (χ3v) is 4.59. The molecule has 0 fully saturated rings. The molecule has 4 N–H and O–H groups in total. The SMILES string of the molecule is NCc1cc(CC(=O)O)ccc1Oc1ccc(C(=O)NCCc2ccccc2)cc1. The standard InChI is InChI=1S/C24H24N2O4/c25-16-20-14-18(15-23(27)28)6-11-22(20)30-21-9-7-19(8-10-21)24(29)26-13-12-17-4-2-1-3-5-17/h1-11,14H,12-13,15-16,25H2,(H,26,29)(H,27,28). The average molecular weight is 404 g/mol. The smallest absolute Gasteiger partial charge is 0.307 e. The molecule has 0 unspecified atom stereocenters. The number of ether oxygens (including phenoxy) is 1. The van der Waals surface area contributed by atoms with Crippen LogP contribution in [0.15, 0.2) is 72.8 Å². The van der Waals surface area contributed by atoms with Crippen LogP contribution in [0.25, 0.3) is 0 Å². The lowest BCUT2D eigenvalue weighted by Gasteiger charge is -2.12. The van der Waals surface area contributed by atoms with Gasteiger partial charge in [0.1, 0.15) is 11.5 Å². The van der Waals surface area contributed by atoms with Gasteiger partial charge in [0.2, 0.25) is 0 Å². The van der Waals surface area contributed by atoms with Crippen molar-refractivity contribution >= 4 is 11.9 Å². The number of nitrogens with two attached hydrogens (primary N) is 1. The van der Waals surface area contributed by atoms with Gasteiger partial charge in [0.05, 0.1) is 6.42 Å². The van der Waals surface area contributed by atoms with Crippen LogP contribution in [-0.2, 0) is 24.2 Å². The number of aliphatic carboxylic acids is 1. The van der Waals surface area contributed by atoms with Crippen LogP contribution in [0.2, 0.25) is 0 Å². The van der Waals surface area contributed by atoms with Crippen molar-refractivity contribution in [2.24, 2.45) is 5.73 Å². The fourth-order valence-corrected chi connectivity index (χ4v) is 3.04. The van der Waals surface area contributed by atoms with Gasteiger partial charge in [0.25, 0.3) is 5.91 Å². The Kier molecular flexibility index (Phi) is 7.19. The predicted octanol–water partition coefficient (Wildman–Crippen LogP) is 3.54. The van der Waals surface area contributed by atoms with Crippen LogP contribution in [0, 0.1) is 0 Å². The first-order valence-electron chi connectivity index (χ1n) is 9.69. The topological polar surface area (TPSA) is 102 Å². The third kappa shape index (κ3) is 5.93. The van der Waals surface area contributed by atoms with E-state index in [1.54, 1.807) is 42.5 Å². The fourth-order valence-electron chi connectivity index (χ4n) is 3.04. The highest BCUT2D eigenvalue weighted by Gasteiger charge is 2.09. The van der Waals surface area contributed by atoms with E-state index in [1.165, 1.54) is 5.56 Å². The molecule has 3 rings (SSSR count). The zero-order valence-electron chi connectivity index (χ0n) is 16.5. The fraction of sp³-hybridized carbons (Fsp3) is 0.167. The molecular weight excluding hydrogens is 380 g/mol. The van der Waals surface area contributed by atoms with Gasteiger partial charge >= 0.3 is 5.97 Å². The summed E-state index contributed by atoms with van der Waals surface area (Å²) in [6, 6.07) is 22.0. The minimum Gasteiger partial charge on any atom is -0.481 e. The van der Waals surface area contributed by atoms with Crippen molar-refractivity contribution < 1.29 is 19.4 Å². The van der Waals surface area contributed by atoms with Crippen LogP contribution in [-0.4, -0.2) is 23.5 Å². The Hall–Kier alpha value is -3.64. The van der Waals surface area contributed by atoms with Gasteiger partial charge in [-0.1, -0.05) is 42.5 Å². The maximum atomic E-state index is 12.3. The van der Waals surface area contributed by atoms with Crippen molar-refractivity contribution in [3.8, 4) is 11.5 Å². The van der Waals surface area contributed by atoms with Gasteiger partial charge in [-0.3, -0.25) is 9.59 Å². The number of nitrogens with one attached hydrogen (secondary N) is 1. The van der Waals surface area contributed by atoms with Gasteiger partial charge in [-0.2, -0.15) is 0 Å². The molecule has 3 aromatic carbocycles. The molecular formula is C24H24N2O4. The number of carboxylic acid groups (broad SMARTS) is 1. The van der Waals surface area contributed by atoms with Gasteiger partial charge in [0, 0.05) is 24.2 Å². The Bertz CT molecular complexity index is 1000. The molecule has 6 heteroatoms. The van der Waals surface area contributed by atoms with E-state index in [2.05, 4.69) is 5.32 Å². The molecule has 0 aliphatic heterocycles. The summed E-state index contributed by atoms with van der Waals surface area (Å²) < 4.78 is 5.87. The number of carbonyl (C=O) groups excluding carboxylic acids is 1. The van der Waals surface area contributed by atoms with E-state index in [9.17, 15) is 9.59 Å². The summed E-state index contributed by atoms with van der Waals surface area (Å²) in [5, 5.41) is 11.8. The molecule has 0 radical (unpaired) electrons. The molecule has 0 aromatic heterocycles.